The molecule has 142 valence electrons. The second kappa shape index (κ2) is 7.56. The van der Waals surface area contributed by atoms with E-state index in [0.717, 1.165) is 16.2 Å². The lowest BCUT2D eigenvalue weighted by atomic mass is 10.1. The normalized spacial score (nSPS) is 11.2. The average molecular weight is 382 g/mol. The van der Waals surface area contributed by atoms with Crippen molar-refractivity contribution in [3.8, 4) is 11.5 Å². The van der Waals surface area contributed by atoms with E-state index in [1.165, 1.54) is 0 Å². The predicted octanol–water partition coefficient (Wildman–Crippen LogP) is 6.60. The van der Waals surface area contributed by atoms with Gasteiger partial charge in [0.25, 0.3) is 0 Å². The number of benzene rings is 4. The van der Waals surface area contributed by atoms with E-state index in [4.69, 9.17) is 4.74 Å². The Morgan fingerprint density at radius 1 is 0.897 bits per heavy atom. The third-order valence-corrected chi connectivity index (χ3v) is 4.54. The van der Waals surface area contributed by atoms with Crippen LogP contribution in [0.3, 0.4) is 0 Å². The lowest BCUT2D eigenvalue weighted by molar-refractivity contribution is -0.130. The first-order valence-corrected chi connectivity index (χ1v) is 9.06. The van der Waals surface area contributed by atoms with Gasteiger partial charge in [-0.15, -0.1) is 10.2 Å². The third kappa shape index (κ3) is 3.58. The zero-order chi connectivity index (χ0) is 20.4. The highest BCUT2D eigenvalue weighted by Gasteiger charge is 2.17. The summed E-state index contributed by atoms with van der Waals surface area (Å²) in [4.78, 5) is 12.0. The number of aromatic hydroxyl groups is 1. The molecular weight excluding hydrogens is 364 g/mol. The number of rotatable bonds is 4. The second-order valence-corrected chi connectivity index (χ2v) is 6.66. The Morgan fingerprint density at radius 3 is 2.31 bits per heavy atom. The molecule has 0 bridgehead atoms. The van der Waals surface area contributed by atoms with Crippen LogP contribution in [0.15, 0.2) is 95.2 Å². The van der Waals surface area contributed by atoms with Crippen LogP contribution in [0.25, 0.3) is 21.5 Å². The number of ether oxygens (including phenoxy) is 1. The highest BCUT2D eigenvalue weighted by atomic mass is 16.5. The molecule has 0 aliphatic rings. The first-order valence-electron chi connectivity index (χ1n) is 9.06. The minimum Gasteiger partial charge on any atom is -0.503 e. The minimum atomic E-state index is -0.618. The van der Waals surface area contributed by atoms with Crippen LogP contribution in [-0.4, -0.2) is 11.1 Å². The largest absolute Gasteiger partial charge is 0.503 e. The van der Waals surface area contributed by atoms with Gasteiger partial charge in [0.2, 0.25) is 0 Å². The summed E-state index contributed by atoms with van der Waals surface area (Å²) in [7, 11) is 0. The fourth-order valence-corrected chi connectivity index (χ4v) is 3.06. The number of nitrogens with zero attached hydrogens (tertiary/aromatic N) is 2. The van der Waals surface area contributed by atoms with E-state index in [0.29, 0.717) is 11.1 Å². The summed E-state index contributed by atoms with van der Waals surface area (Å²) in [6.45, 7) is 5.12. The van der Waals surface area contributed by atoms with Crippen LogP contribution in [0, 0.1) is 0 Å². The molecule has 0 saturated carbocycles. The van der Waals surface area contributed by atoms with Crippen molar-refractivity contribution in [1.29, 1.82) is 0 Å². The molecule has 0 aromatic heterocycles. The molecule has 4 aromatic carbocycles. The summed E-state index contributed by atoms with van der Waals surface area (Å²) in [5, 5.41) is 22.9. The molecule has 0 radical (unpaired) electrons. The van der Waals surface area contributed by atoms with E-state index >= 15 is 0 Å². The van der Waals surface area contributed by atoms with Gasteiger partial charge >= 0.3 is 5.97 Å². The van der Waals surface area contributed by atoms with Gasteiger partial charge in [0, 0.05) is 16.3 Å². The molecule has 0 spiro atoms. The molecule has 1 N–H and O–H groups in total. The van der Waals surface area contributed by atoms with Crippen LogP contribution in [0.1, 0.15) is 6.92 Å². The second-order valence-electron chi connectivity index (χ2n) is 6.66. The number of esters is 1. The zero-order valence-electron chi connectivity index (χ0n) is 15.8. The predicted molar refractivity (Wildman–Crippen MR) is 114 cm³/mol. The first-order chi connectivity index (χ1) is 14.0. The van der Waals surface area contributed by atoms with Crippen LogP contribution in [0.4, 0.5) is 11.4 Å². The van der Waals surface area contributed by atoms with E-state index < -0.39 is 5.97 Å². The number of fused-ring (bicyclic) bond motifs is 2. The summed E-state index contributed by atoms with van der Waals surface area (Å²) in [6, 6.07) is 22.6. The Morgan fingerprint density at radius 2 is 1.55 bits per heavy atom. The van der Waals surface area contributed by atoms with Crippen molar-refractivity contribution in [3.05, 3.63) is 84.9 Å². The lowest BCUT2D eigenvalue weighted by Gasteiger charge is -2.11. The van der Waals surface area contributed by atoms with E-state index in [1.54, 1.807) is 13.0 Å². The van der Waals surface area contributed by atoms with Crippen molar-refractivity contribution in [2.75, 3.05) is 0 Å². The number of phenolic OH excluding ortho intramolecular Hbond substituents is 1. The highest BCUT2D eigenvalue weighted by Crippen LogP contribution is 2.44. The summed E-state index contributed by atoms with van der Waals surface area (Å²) in [5.74, 6) is -0.849. The van der Waals surface area contributed by atoms with Crippen molar-refractivity contribution in [2.45, 2.75) is 6.92 Å². The van der Waals surface area contributed by atoms with Crippen LogP contribution in [0.5, 0.6) is 11.5 Å². The third-order valence-electron chi connectivity index (χ3n) is 4.54. The number of carbonyl (C=O) groups is 1. The molecule has 4 rings (SSSR count). The van der Waals surface area contributed by atoms with Crippen LogP contribution < -0.4 is 4.74 Å². The smallest absolute Gasteiger partial charge is 0.338 e. The Kier molecular flexibility index (Phi) is 4.79. The molecule has 0 heterocycles. The van der Waals surface area contributed by atoms with Gasteiger partial charge in [-0.1, -0.05) is 67.2 Å². The molecule has 5 nitrogen and oxygen atoms in total. The Bertz CT molecular complexity index is 1290. The van der Waals surface area contributed by atoms with E-state index in [-0.39, 0.29) is 22.8 Å². The van der Waals surface area contributed by atoms with E-state index in [1.807, 2.05) is 66.7 Å². The first kappa shape index (κ1) is 18.4. The van der Waals surface area contributed by atoms with Gasteiger partial charge < -0.3 is 9.84 Å². The summed E-state index contributed by atoms with van der Waals surface area (Å²) in [5.41, 5.74) is 1.15. The van der Waals surface area contributed by atoms with Crippen LogP contribution in [-0.2, 0) is 4.79 Å². The quantitative estimate of drug-likeness (QED) is 0.187. The summed E-state index contributed by atoms with van der Waals surface area (Å²) >= 11 is 0. The molecule has 0 amide bonds. The molecule has 0 saturated heterocycles. The summed E-state index contributed by atoms with van der Waals surface area (Å²) < 4.78 is 5.29. The van der Waals surface area contributed by atoms with Gasteiger partial charge in [-0.25, -0.2) is 4.79 Å². The summed E-state index contributed by atoms with van der Waals surface area (Å²) in [6.07, 6.45) is 0. The van der Waals surface area contributed by atoms with E-state index in [9.17, 15) is 9.90 Å². The molecule has 4 aromatic rings. The van der Waals surface area contributed by atoms with Gasteiger partial charge in [-0.2, -0.15) is 0 Å². The Balaban J connectivity index is 1.85. The maximum atomic E-state index is 12.0. The standard InChI is InChI=1S/C24H18N2O3/c1-15(2)24(28)29-21-14-17-9-4-6-12-19(17)22(23(21)27)26-25-20-13-7-10-16-8-3-5-11-18(16)20/h3-14,27H,1H2,2H3. The SMILES string of the molecule is C=C(C)C(=O)Oc1cc2ccccc2c(N=Nc2cccc3ccccc23)c1O. The molecule has 0 fully saturated rings. The molecule has 29 heavy (non-hydrogen) atoms. The highest BCUT2D eigenvalue weighted by molar-refractivity contribution is 5.99. The topological polar surface area (TPSA) is 71.2 Å². The number of carbonyl (C=O) groups excluding carboxylic acids is 1. The average Bonchev–Trinajstić information content (AvgIpc) is 2.73. The van der Waals surface area contributed by atoms with Crippen molar-refractivity contribution < 1.29 is 14.6 Å². The monoisotopic (exact) mass is 382 g/mol. The number of hydrogen-bond acceptors (Lipinski definition) is 5. The molecular formula is C24H18N2O3. The van der Waals surface area contributed by atoms with Crippen molar-refractivity contribution in [1.82, 2.24) is 0 Å². The fourth-order valence-electron chi connectivity index (χ4n) is 3.06. The Labute approximate surface area is 167 Å². The van der Waals surface area contributed by atoms with Crippen LogP contribution >= 0.6 is 0 Å². The number of hydrogen-bond donors (Lipinski definition) is 1. The lowest BCUT2D eigenvalue weighted by Crippen LogP contribution is -2.08. The molecule has 0 aliphatic heterocycles. The molecule has 5 heteroatoms. The van der Waals surface area contributed by atoms with Crippen LogP contribution in [0.2, 0.25) is 0 Å². The van der Waals surface area contributed by atoms with Gasteiger partial charge in [-0.05, 0) is 29.8 Å². The van der Waals surface area contributed by atoms with Gasteiger partial charge in [-0.3, -0.25) is 0 Å². The maximum absolute atomic E-state index is 12.0. The van der Waals surface area contributed by atoms with Gasteiger partial charge in [0.1, 0.15) is 5.69 Å². The number of phenols is 1. The molecule has 0 aliphatic carbocycles. The Hall–Kier alpha value is -3.99. The van der Waals surface area contributed by atoms with Crippen molar-refractivity contribution in [2.24, 2.45) is 10.2 Å². The van der Waals surface area contributed by atoms with Crippen molar-refractivity contribution >= 4 is 38.9 Å². The van der Waals surface area contributed by atoms with E-state index in [2.05, 4.69) is 16.8 Å². The number of azo groups is 1. The van der Waals surface area contributed by atoms with Gasteiger partial charge in [0.05, 0.1) is 5.69 Å². The maximum Gasteiger partial charge on any atom is 0.338 e. The molecule has 0 unspecified atom stereocenters. The minimum absolute atomic E-state index is 0.0172. The van der Waals surface area contributed by atoms with Crippen molar-refractivity contribution in [3.63, 3.8) is 0 Å². The fraction of sp³-hybridized carbons (Fsp3) is 0.0417. The van der Waals surface area contributed by atoms with Gasteiger partial charge in [0.15, 0.2) is 11.5 Å². The molecule has 0 atom stereocenters. The zero-order valence-corrected chi connectivity index (χ0v) is 15.8.